The fraction of sp³-hybridized carbons (Fsp3) is 0.389. The predicted octanol–water partition coefficient (Wildman–Crippen LogP) is 3.92. The minimum atomic E-state index is -0.321. The number of aryl methyl sites for hydroxylation is 1. The molecule has 0 aliphatic heterocycles. The first-order valence-corrected chi connectivity index (χ1v) is 7.95. The normalized spacial score (nSPS) is 11.0. The zero-order valence-electron chi connectivity index (χ0n) is 14.8. The molecule has 0 bridgehead atoms. The van der Waals surface area contributed by atoms with Crippen LogP contribution < -0.4 is 10.6 Å². The molecule has 6 nitrogen and oxygen atoms in total. The molecule has 0 spiro atoms. The zero-order valence-corrected chi connectivity index (χ0v) is 14.8. The Bertz CT molecular complexity index is 706. The topological polar surface area (TPSA) is 76.1 Å². The van der Waals surface area contributed by atoms with E-state index in [0.717, 1.165) is 11.5 Å². The zero-order chi connectivity index (χ0) is 17.7. The predicted molar refractivity (Wildman–Crippen MR) is 95.8 cm³/mol. The van der Waals surface area contributed by atoms with Gasteiger partial charge >= 0.3 is 5.97 Å². The minimum Gasteiger partial charge on any atom is -0.462 e. The van der Waals surface area contributed by atoms with E-state index in [-0.39, 0.29) is 11.5 Å². The second-order valence-electron chi connectivity index (χ2n) is 6.48. The number of aromatic nitrogens is 2. The van der Waals surface area contributed by atoms with E-state index in [1.165, 1.54) is 0 Å². The molecule has 2 rings (SSSR count). The summed E-state index contributed by atoms with van der Waals surface area (Å²) in [7, 11) is 0. The fourth-order valence-corrected chi connectivity index (χ4v) is 2.13. The molecule has 1 aromatic carbocycles. The highest BCUT2D eigenvalue weighted by molar-refractivity contribution is 5.89. The summed E-state index contributed by atoms with van der Waals surface area (Å²) in [4.78, 5) is 20.5. The molecule has 0 atom stereocenters. The third kappa shape index (κ3) is 5.22. The molecule has 0 saturated heterocycles. The fourth-order valence-electron chi connectivity index (χ4n) is 2.13. The summed E-state index contributed by atoms with van der Waals surface area (Å²) in [5, 5.41) is 6.56. The van der Waals surface area contributed by atoms with E-state index < -0.39 is 0 Å². The summed E-state index contributed by atoms with van der Waals surface area (Å²) in [6.07, 6.45) is 0. The number of carbonyl (C=O) groups excluding carboxylic acids is 1. The molecule has 0 aliphatic carbocycles. The Morgan fingerprint density at radius 3 is 2.33 bits per heavy atom. The number of esters is 1. The summed E-state index contributed by atoms with van der Waals surface area (Å²) < 4.78 is 4.98. The van der Waals surface area contributed by atoms with Gasteiger partial charge in [0.05, 0.1) is 12.2 Å². The standard InChI is InChI=1S/C18H24N4O2/c1-6-24-17(23)13-7-9-14(10-8-13)21-15-11-16(20-12(2)19-15)22-18(3,4)5/h7-11H,6H2,1-5H3,(H2,19,20,21,22). The first-order chi connectivity index (χ1) is 11.3. The van der Waals surface area contributed by atoms with Crippen LogP contribution in [0.2, 0.25) is 0 Å². The van der Waals surface area contributed by atoms with Gasteiger partial charge in [-0.3, -0.25) is 0 Å². The molecular formula is C18H24N4O2. The Labute approximate surface area is 142 Å². The van der Waals surface area contributed by atoms with Crippen LogP contribution in [-0.2, 0) is 4.74 Å². The molecule has 24 heavy (non-hydrogen) atoms. The van der Waals surface area contributed by atoms with Gasteiger partial charge in [0.2, 0.25) is 0 Å². The first kappa shape index (κ1) is 17.7. The molecule has 0 amide bonds. The van der Waals surface area contributed by atoms with Gasteiger partial charge < -0.3 is 15.4 Å². The molecule has 2 N–H and O–H groups in total. The number of rotatable bonds is 5. The molecule has 6 heteroatoms. The highest BCUT2D eigenvalue weighted by Gasteiger charge is 2.12. The Morgan fingerprint density at radius 2 is 1.75 bits per heavy atom. The van der Waals surface area contributed by atoms with E-state index in [2.05, 4.69) is 41.4 Å². The number of carbonyl (C=O) groups is 1. The van der Waals surface area contributed by atoms with Crippen molar-refractivity contribution in [3.8, 4) is 0 Å². The maximum absolute atomic E-state index is 11.7. The second-order valence-corrected chi connectivity index (χ2v) is 6.48. The SMILES string of the molecule is CCOC(=O)c1ccc(Nc2cc(NC(C)(C)C)nc(C)n2)cc1. The molecule has 1 heterocycles. The number of hydrogen-bond acceptors (Lipinski definition) is 6. The Balaban J connectivity index is 2.14. The number of benzene rings is 1. The summed E-state index contributed by atoms with van der Waals surface area (Å²) in [6.45, 7) is 10.2. The molecule has 128 valence electrons. The van der Waals surface area contributed by atoms with E-state index in [0.29, 0.717) is 23.8 Å². The molecule has 1 aromatic heterocycles. The summed E-state index contributed by atoms with van der Waals surface area (Å²) >= 11 is 0. The smallest absolute Gasteiger partial charge is 0.338 e. The third-order valence-electron chi connectivity index (χ3n) is 3.01. The van der Waals surface area contributed by atoms with E-state index in [1.54, 1.807) is 19.1 Å². The number of nitrogens with zero attached hydrogens (tertiary/aromatic N) is 2. The van der Waals surface area contributed by atoms with E-state index >= 15 is 0 Å². The Kier molecular flexibility index (Phi) is 5.39. The van der Waals surface area contributed by atoms with Crippen LogP contribution in [0.4, 0.5) is 17.3 Å². The van der Waals surface area contributed by atoms with Crippen LogP contribution in [0.1, 0.15) is 43.9 Å². The van der Waals surface area contributed by atoms with Crippen LogP contribution in [0.5, 0.6) is 0 Å². The minimum absolute atomic E-state index is 0.0840. The monoisotopic (exact) mass is 328 g/mol. The van der Waals surface area contributed by atoms with Gasteiger partial charge in [-0.1, -0.05) is 0 Å². The van der Waals surface area contributed by atoms with Gasteiger partial charge in [-0.2, -0.15) is 0 Å². The molecule has 0 fully saturated rings. The van der Waals surface area contributed by atoms with Crippen molar-refractivity contribution in [2.75, 3.05) is 17.2 Å². The van der Waals surface area contributed by atoms with Crippen LogP contribution in [-0.4, -0.2) is 28.1 Å². The Morgan fingerprint density at radius 1 is 1.12 bits per heavy atom. The number of ether oxygens (including phenoxy) is 1. The summed E-state index contributed by atoms with van der Waals surface area (Å²) in [5.41, 5.74) is 1.28. The van der Waals surface area contributed by atoms with Crippen LogP contribution in [0, 0.1) is 6.92 Å². The first-order valence-electron chi connectivity index (χ1n) is 7.95. The largest absolute Gasteiger partial charge is 0.462 e. The lowest BCUT2D eigenvalue weighted by Crippen LogP contribution is -2.26. The van der Waals surface area contributed by atoms with Crippen molar-refractivity contribution < 1.29 is 9.53 Å². The lowest BCUT2D eigenvalue weighted by molar-refractivity contribution is 0.0526. The van der Waals surface area contributed by atoms with Gasteiger partial charge in [-0.05, 0) is 58.9 Å². The van der Waals surface area contributed by atoms with E-state index in [9.17, 15) is 4.79 Å². The molecule has 0 unspecified atom stereocenters. The van der Waals surface area contributed by atoms with Gasteiger partial charge in [0, 0.05) is 17.3 Å². The van der Waals surface area contributed by atoms with Crippen LogP contribution in [0.3, 0.4) is 0 Å². The van der Waals surface area contributed by atoms with Gasteiger partial charge in [0.15, 0.2) is 0 Å². The van der Waals surface area contributed by atoms with Crippen LogP contribution in [0.15, 0.2) is 30.3 Å². The summed E-state index contributed by atoms with van der Waals surface area (Å²) in [5.74, 6) is 1.81. The highest BCUT2D eigenvalue weighted by atomic mass is 16.5. The molecule has 0 radical (unpaired) electrons. The second kappa shape index (κ2) is 7.29. The van der Waals surface area contributed by atoms with Gasteiger partial charge in [-0.25, -0.2) is 14.8 Å². The van der Waals surface area contributed by atoms with Crippen molar-refractivity contribution in [1.82, 2.24) is 9.97 Å². The molecular weight excluding hydrogens is 304 g/mol. The number of hydrogen-bond donors (Lipinski definition) is 2. The number of nitrogens with one attached hydrogen (secondary N) is 2. The van der Waals surface area contributed by atoms with Crippen molar-refractivity contribution in [2.45, 2.75) is 40.2 Å². The lowest BCUT2D eigenvalue weighted by Gasteiger charge is -2.21. The lowest BCUT2D eigenvalue weighted by atomic mass is 10.1. The average Bonchev–Trinajstić information content (AvgIpc) is 2.45. The van der Waals surface area contributed by atoms with Gasteiger partial charge in [0.25, 0.3) is 0 Å². The average molecular weight is 328 g/mol. The summed E-state index contributed by atoms with van der Waals surface area (Å²) in [6, 6.07) is 8.95. The van der Waals surface area contributed by atoms with Crippen molar-refractivity contribution >= 4 is 23.3 Å². The molecule has 0 aliphatic rings. The Hall–Kier alpha value is -2.63. The third-order valence-corrected chi connectivity index (χ3v) is 3.01. The van der Waals surface area contributed by atoms with Crippen molar-refractivity contribution in [2.24, 2.45) is 0 Å². The van der Waals surface area contributed by atoms with E-state index in [4.69, 9.17) is 4.74 Å². The van der Waals surface area contributed by atoms with Crippen molar-refractivity contribution in [1.29, 1.82) is 0 Å². The van der Waals surface area contributed by atoms with Crippen LogP contribution in [0.25, 0.3) is 0 Å². The number of anilines is 3. The van der Waals surface area contributed by atoms with Gasteiger partial charge in [-0.15, -0.1) is 0 Å². The van der Waals surface area contributed by atoms with Crippen LogP contribution >= 0.6 is 0 Å². The van der Waals surface area contributed by atoms with Crippen molar-refractivity contribution in [3.63, 3.8) is 0 Å². The quantitative estimate of drug-likeness (QED) is 0.810. The maximum Gasteiger partial charge on any atom is 0.338 e. The molecule has 0 saturated carbocycles. The van der Waals surface area contributed by atoms with Gasteiger partial charge in [0.1, 0.15) is 17.5 Å². The maximum atomic E-state index is 11.7. The highest BCUT2D eigenvalue weighted by Crippen LogP contribution is 2.20. The molecule has 2 aromatic rings. The van der Waals surface area contributed by atoms with Crippen molar-refractivity contribution in [3.05, 3.63) is 41.7 Å². The van der Waals surface area contributed by atoms with E-state index in [1.807, 2.05) is 25.1 Å².